The summed E-state index contributed by atoms with van der Waals surface area (Å²) in [5, 5.41) is 14.9. The maximum Gasteiger partial charge on any atom is 0.253 e. The summed E-state index contributed by atoms with van der Waals surface area (Å²) in [7, 11) is 1.78. The van der Waals surface area contributed by atoms with Crippen molar-refractivity contribution in [2.24, 2.45) is 13.0 Å². The van der Waals surface area contributed by atoms with Crippen molar-refractivity contribution in [2.45, 2.75) is 31.5 Å². The second-order valence-corrected chi connectivity index (χ2v) is 9.20. The lowest BCUT2D eigenvalue weighted by Crippen LogP contribution is -2.31. The number of hydrogen-bond donors (Lipinski definition) is 2. The summed E-state index contributed by atoms with van der Waals surface area (Å²) in [6.07, 6.45) is 0.639. The summed E-state index contributed by atoms with van der Waals surface area (Å²) in [4.78, 5) is 25.1. The van der Waals surface area contributed by atoms with Gasteiger partial charge in [-0.1, -0.05) is 61.5 Å². The van der Waals surface area contributed by atoms with E-state index in [2.05, 4.69) is 20.8 Å². The van der Waals surface area contributed by atoms with Gasteiger partial charge in [0.1, 0.15) is 5.82 Å². The Hall–Kier alpha value is -2.91. The lowest BCUT2D eigenvalue weighted by molar-refractivity contribution is -0.113. The van der Waals surface area contributed by atoms with Crippen molar-refractivity contribution in [2.75, 3.05) is 11.1 Å². The van der Waals surface area contributed by atoms with Crippen LogP contribution in [0.3, 0.4) is 0 Å². The highest BCUT2D eigenvalue weighted by Gasteiger charge is 2.24. The molecule has 7 nitrogen and oxygen atoms in total. The summed E-state index contributed by atoms with van der Waals surface area (Å²) in [6, 6.07) is 12.4. The van der Waals surface area contributed by atoms with Crippen LogP contribution in [0.1, 0.15) is 42.5 Å². The largest absolute Gasteiger partial charge is 0.342 e. The van der Waals surface area contributed by atoms with E-state index in [0.29, 0.717) is 28.0 Å². The fourth-order valence-electron chi connectivity index (χ4n) is 3.22. The maximum atomic E-state index is 13.7. The first-order valence-electron chi connectivity index (χ1n) is 10.4. The van der Waals surface area contributed by atoms with Crippen LogP contribution in [0.5, 0.6) is 0 Å². The van der Waals surface area contributed by atoms with Crippen molar-refractivity contribution in [3.63, 3.8) is 0 Å². The molecule has 1 aromatic heterocycles. The van der Waals surface area contributed by atoms with E-state index in [4.69, 9.17) is 11.6 Å². The average molecular weight is 490 g/mol. The van der Waals surface area contributed by atoms with E-state index in [-0.39, 0.29) is 29.2 Å². The molecule has 174 valence electrons. The number of amides is 2. The molecule has 1 unspecified atom stereocenters. The van der Waals surface area contributed by atoms with Crippen LogP contribution < -0.4 is 10.6 Å². The highest BCUT2D eigenvalue weighted by atomic mass is 35.5. The number of hydrogen-bond acceptors (Lipinski definition) is 5. The molecule has 0 aliphatic rings. The van der Waals surface area contributed by atoms with Gasteiger partial charge in [0.15, 0.2) is 11.0 Å². The molecular weight excluding hydrogens is 465 g/mol. The zero-order valence-corrected chi connectivity index (χ0v) is 20.1. The molecule has 2 aromatic carbocycles. The van der Waals surface area contributed by atoms with E-state index >= 15 is 0 Å². The van der Waals surface area contributed by atoms with Crippen LogP contribution in [0.2, 0.25) is 5.02 Å². The van der Waals surface area contributed by atoms with Gasteiger partial charge in [0.25, 0.3) is 5.91 Å². The predicted octanol–water partition coefficient (Wildman–Crippen LogP) is 4.86. The number of nitrogens with one attached hydrogen (secondary N) is 2. The lowest BCUT2D eigenvalue weighted by Gasteiger charge is -2.20. The molecule has 3 aromatic rings. The first-order chi connectivity index (χ1) is 15.8. The molecule has 3 rings (SSSR count). The summed E-state index contributed by atoms with van der Waals surface area (Å²) < 4.78 is 15.5. The van der Waals surface area contributed by atoms with E-state index in [1.807, 2.05) is 13.8 Å². The second-order valence-electron chi connectivity index (χ2n) is 7.85. The number of nitrogens with zero attached hydrogens (tertiary/aromatic N) is 3. The third-order valence-corrected chi connectivity index (χ3v) is 6.14. The minimum atomic E-state index is -0.498. The Bertz CT molecular complexity index is 1140. The highest BCUT2D eigenvalue weighted by Crippen LogP contribution is 2.25. The van der Waals surface area contributed by atoms with Crippen LogP contribution in [-0.2, 0) is 11.8 Å². The molecule has 10 heteroatoms. The highest BCUT2D eigenvalue weighted by molar-refractivity contribution is 7.99. The molecule has 0 saturated heterocycles. The molecule has 33 heavy (non-hydrogen) atoms. The summed E-state index contributed by atoms with van der Waals surface area (Å²) in [5.74, 6) is -0.279. The molecule has 0 aliphatic heterocycles. The minimum absolute atomic E-state index is 0.0289. The quantitative estimate of drug-likeness (QED) is 0.419. The molecule has 0 fully saturated rings. The first-order valence-corrected chi connectivity index (χ1v) is 11.7. The van der Waals surface area contributed by atoms with E-state index in [1.165, 1.54) is 23.9 Å². The zero-order valence-electron chi connectivity index (χ0n) is 18.5. The van der Waals surface area contributed by atoms with Gasteiger partial charge in [0, 0.05) is 7.05 Å². The zero-order chi connectivity index (χ0) is 24.0. The van der Waals surface area contributed by atoms with Crippen molar-refractivity contribution in [1.82, 2.24) is 20.1 Å². The molecule has 1 atom stereocenters. The van der Waals surface area contributed by atoms with Gasteiger partial charge in [-0.2, -0.15) is 0 Å². The van der Waals surface area contributed by atoms with Crippen molar-refractivity contribution in [3.8, 4) is 0 Å². The lowest BCUT2D eigenvalue weighted by atomic mass is 10.0. The van der Waals surface area contributed by atoms with Crippen LogP contribution in [-0.4, -0.2) is 32.3 Å². The Morgan fingerprint density at radius 1 is 1.12 bits per heavy atom. The third kappa shape index (κ3) is 6.55. The van der Waals surface area contributed by atoms with Crippen molar-refractivity contribution < 1.29 is 14.0 Å². The Morgan fingerprint density at radius 2 is 1.82 bits per heavy atom. The third-order valence-electron chi connectivity index (χ3n) is 4.79. The fraction of sp³-hybridized carbons (Fsp3) is 0.304. The van der Waals surface area contributed by atoms with Gasteiger partial charge < -0.3 is 15.2 Å². The van der Waals surface area contributed by atoms with Gasteiger partial charge in [0.2, 0.25) is 5.91 Å². The molecule has 2 amide bonds. The summed E-state index contributed by atoms with van der Waals surface area (Å²) in [5.41, 5.74) is 0.510. The van der Waals surface area contributed by atoms with Crippen LogP contribution in [0.15, 0.2) is 53.7 Å². The number of carbonyl (C=O) groups excluding carboxylic acids is 2. The molecule has 2 N–H and O–H groups in total. The van der Waals surface area contributed by atoms with E-state index in [0.717, 1.165) is 0 Å². The normalized spacial score (nSPS) is 11.9. The van der Waals surface area contributed by atoms with Gasteiger partial charge in [-0.15, -0.1) is 10.2 Å². The van der Waals surface area contributed by atoms with Crippen molar-refractivity contribution in [1.29, 1.82) is 0 Å². The number of thioether (sulfide) groups is 1. The second kappa shape index (κ2) is 11.3. The number of halogens is 2. The fourth-order valence-corrected chi connectivity index (χ4v) is 4.16. The average Bonchev–Trinajstić information content (AvgIpc) is 3.13. The Balaban J connectivity index is 1.70. The number of para-hydroxylation sites is 1. The van der Waals surface area contributed by atoms with Crippen molar-refractivity contribution in [3.05, 3.63) is 70.8 Å². The number of benzene rings is 2. The molecule has 0 radical (unpaired) electrons. The van der Waals surface area contributed by atoms with Crippen LogP contribution in [0, 0.1) is 11.7 Å². The van der Waals surface area contributed by atoms with Gasteiger partial charge in [0.05, 0.1) is 28.1 Å². The molecule has 1 heterocycles. The smallest absolute Gasteiger partial charge is 0.253 e. The number of rotatable bonds is 9. The number of carbonyl (C=O) groups is 2. The van der Waals surface area contributed by atoms with E-state index < -0.39 is 11.9 Å². The topological polar surface area (TPSA) is 88.9 Å². The molecular formula is C23H25ClFN5O2S. The predicted molar refractivity (Wildman–Crippen MR) is 128 cm³/mol. The van der Waals surface area contributed by atoms with Crippen LogP contribution in [0.4, 0.5) is 10.1 Å². The SMILES string of the molecule is CC(C)CC(NC(=O)c1ccccc1Cl)c1nnc(SCC(=O)Nc2ccccc2F)n1C. The minimum Gasteiger partial charge on any atom is -0.342 e. The number of aromatic nitrogens is 3. The van der Waals surface area contributed by atoms with Crippen LogP contribution in [0.25, 0.3) is 0 Å². The summed E-state index contributed by atoms with van der Waals surface area (Å²) in [6.45, 7) is 4.10. The van der Waals surface area contributed by atoms with Gasteiger partial charge in [-0.3, -0.25) is 9.59 Å². The van der Waals surface area contributed by atoms with E-state index in [9.17, 15) is 14.0 Å². The standard InChI is InChI=1S/C23H25ClFN5O2S/c1-14(2)12-19(27-22(32)15-8-4-5-9-16(15)24)21-28-29-23(30(21)3)33-13-20(31)26-18-11-7-6-10-17(18)25/h4-11,14,19H,12-13H2,1-3H3,(H,26,31)(H,27,32). The van der Waals surface area contributed by atoms with E-state index in [1.54, 1.807) is 48.0 Å². The van der Waals surface area contributed by atoms with Gasteiger partial charge in [-0.05, 0) is 36.6 Å². The Morgan fingerprint density at radius 3 is 2.52 bits per heavy atom. The summed E-state index contributed by atoms with van der Waals surface area (Å²) >= 11 is 7.35. The van der Waals surface area contributed by atoms with Gasteiger partial charge >= 0.3 is 0 Å². The molecule has 0 aliphatic carbocycles. The Labute approximate surface area is 201 Å². The molecule has 0 spiro atoms. The van der Waals surface area contributed by atoms with Gasteiger partial charge in [-0.25, -0.2) is 4.39 Å². The molecule has 0 saturated carbocycles. The number of anilines is 1. The van der Waals surface area contributed by atoms with Crippen molar-refractivity contribution >= 4 is 40.9 Å². The Kier molecular flexibility index (Phi) is 8.46. The maximum absolute atomic E-state index is 13.7. The first kappa shape index (κ1) is 24.7. The monoisotopic (exact) mass is 489 g/mol. The molecule has 0 bridgehead atoms. The van der Waals surface area contributed by atoms with Crippen LogP contribution >= 0.6 is 23.4 Å².